The van der Waals surface area contributed by atoms with Gasteiger partial charge in [-0.2, -0.15) is 8.42 Å². The molecule has 0 radical (unpaired) electrons. The smallest absolute Gasteiger partial charge is 0.306 e. The standard InChI is InChI=1S/C48H80O12S/c1-3-5-7-9-11-13-15-17-19-21-23-25-27-29-31-33-35-37-44(50)59-41(39-58-48-47(53)46(52)45(51)42(60-48)40-61(54,55)56)38-57-43(49)36-34-32-30-28-26-24-22-20-18-16-14-12-10-8-6-4-2/h5,7,11,13,17,19-20,22-23,25,29,31,41-42,45-48,51-53H,3-4,6,8-10,12,14-16,18,21,24,26-28,30,32-40H2,1-2H3,(H,54,55,56)/b7-5-,13-11-,19-17-,22-20-,25-23-,31-29-. The summed E-state index contributed by atoms with van der Waals surface area (Å²) < 4.78 is 54.0. The maximum Gasteiger partial charge on any atom is 0.306 e. The highest BCUT2D eigenvalue weighted by atomic mass is 32.2. The highest BCUT2D eigenvalue weighted by molar-refractivity contribution is 7.85. The molecule has 1 fully saturated rings. The molecule has 12 nitrogen and oxygen atoms in total. The third kappa shape index (κ3) is 32.4. The number of carbonyl (C=O) groups excluding carboxylic acids is 2. The zero-order valence-electron chi connectivity index (χ0n) is 37.2. The van der Waals surface area contributed by atoms with Gasteiger partial charge in [-0.05, 0) is 77.0 Å². The van der Waals surface area contributed by atoms with E-state index in [0.29, 0.717) is 19.3 Å². The number of hydrogen-bond donors (Lipinski definition) is 4. The summed E-state index contributed by atoms with van der Waals surface area (Å²) in [5.41, 5.74) is 0. The van der Waals surface area contributed by atoms with Gasteiger partial charge in [-0.25, -0.2) is 0 Å². The van der Waals surface area contributed by atoms with Gasteiger partial charge >= 0.3 is 11.9 Å². The van der Waals surface area contributed by atoms with Crippen LogP contribution in [0.2, 0.25) is 0 Å². The number of aliphatic hydroxyl groups excluding tert-OH is 3. The van der Waals surface area contributed by atoms with Crippen molar-refractivity contribution in [3.05, 3.63) is 72.9 Å². The van der Waals surface area contributed by atoms with E-state index in [1.54, 1.807) is 0 Å². The SMILES string of the molecule is CC/C=C\C/C=C\C/C=C\C/C=C\C/C=C\CCCC(=O)OC(COC(=O)CCCCCCC/C=C\CCCCCCCCC)COC1OC(CS(=O)(=O)O)C(O)C(O)C1O. The van der Waals surface area contributed by atoms with E-state index in [4.69, 9.17) is 18.9 Å². The number of esters is 2. The second-order valence-corrected chi connectivity index (χ2v) is 17.2. The first-order chi connectivity index (χ1) is 29.5. The summed E-state index contributed by atoms with van der Waals surface area (Å²) in [6.07, 6.45) is 38.1. The van der Waals surface area contributed by atoms with Crippen LogP contribution in [0.3, 0.4) is 0 Å². The Balaban J connectivity index is 2.50. The van der Waals surface area contributed by atoms with Crippen LogP contribution in [0.5, 0.6) is 0 Å². The molecule has 350 valence electrons. The Labute approximate surface area is 368 Å². The highest BCUT2D eigenvalue weighted by Crippen LogP contribution is 2.24. The molecule has 13 heteroatoms. The summed E-state index contributed by atoms with van der Waals surface area (Å²) in [6, 6.07) is 0. The molecule has 0 aromatic rings. The first kappa shape index (κ1) is 56.1. The van der Waals surface area contributed by atoms with Gasteiger partial charge in [0.25, 0.3) is 10.1 Å². The fourth-order valence-electron chi connectivity index (χ4n) is 6.47. The Bertz CT molecular complexity index is 1400. The Morgan fingerprint density at radius 1 is 0.574 bits per heavy atom. The Morgan fingerprint density at radius 3 is 1.61 bits per heavy atom. The molecule has 0 bridgehead atoms. The molecule has 0 aromatic carbocycles. The van der Waals surface area contributed by atoms with Crippen molar-refractivity contribution in [2.24, 2.45) is 0 Å². The van der Waals surface area contributed by atoms with Crippen LogP contribution in [-0.2, 0) is 38.7 Å². The number of rotatable bonds is 37. The van der Waals surface area contributed by atoms with E-state index in [1.165, 1.54) is 44.9 Å². The fraction of sp³-hybridized carbons (Fsp3) is 0.708. The number of aliphatic hydroxyl groups is 3. The molecular weight excluding hydrogens is 801 g/mol. The minimum atomic E-state index is -4.61. The van der Waals surface area contributed by atoms with Crippen molar-refractivity contribution in [1.82, 2.24) is 0 Å². The summed E-state index contributed by atoms with van der Waals surface area (Å²) in [5.74, 6) is -2.08. The van der Waals surface area contributed by atoms with Gasteiger partial charge in [0.15, 0.2) is 12.4 Å². The predicted molar refractivity (Wildman–Crippen MR) is 242 cm³/mol. The lowest BCUT2D eigenvalue weighted by atomic mass is 10.00. The van der Waals surface area contributed by atoms with Crippen LogP contribution >= 0.6 is 0 Å². The molecule has 1 aliphatic heterocycles. The number of unbranched alkanes of at least 4 members (excludes halogenated alkanes) is 13. The van der Waals surface area contributed by atoms with Crippen LogP contribution < -0.4 is 0 Å². The van der Waals surface area contributed by atoms with Crippen LogP contribution in [0.15, 0.2) is 72.9 Å². The average Bonchev–Trinajstić information content (AvgIpc) is 3.22. The van der Waals surface area contributed by atoms with Gasteiger partial charge in [-0.1, -0.05) is 145 Å². The molecule has 4 N–H and O–H groups in total. The van der Waals surface area contributed by atoms with E-state index < -0.39 is 71.2 Å². The van der Waals surface area contributed by atoms with E-state index in [9.17, 15) is 37.9 Å². The topological polar surface area (TPSA) is 186 Å². The minimum absolute atomic E-state index is 0.0810. The molecule has 1 rings (SSSR count). The summed E-state index contributed by atoms with van der Waals surface area (Å²) in [7, 11) is -4.61. The van der Waals surface area contributed by atoms with Gasteiger partial charge in [0.2, 0.25) is 0 Å². The number of hydrogen-bond acceptors (Lipinski definition) is 11. The van der Waals surface area contributed by atoms with Gasteiger partial charge in [0, 0.05) is 12.8 Å². The maximum absolute atomic E-state index is 12.8. The lowest BCUT2D eigenvalue weighted by molar-refractivity contribution is -0.297. The molecular formula is C48H80O12S. The molecule has 6 unspecified atom stereocenters. The summed E-state index contributed by atoms with van der Waals surface area (Å²) in [6.45, 7) is 3.58. The van der Waals surface area contributed by atoms with Crippen LogP contribution in [0.25, 0.3) is 0 Å². The van der Waals surface area contributed by atoms with E-state index in [0.717, 1.165) is 70.6 Å². The normalized spacial score (nSPS) is 20.7. The molecule has 0 aliphatic carbocycles. The molecule has 1 heterocycles. The average molecular weight is 881 g/mol. The number of carbonyl (C=O) groups is 2. The number of allylic oxidation sites excluding steroid dienone is 12. The second-order valence-electron chi connectivity index (χ2n) is 15.7. The lowest BCUT2D eigenvalue weighted by Crippen LogP contribution is -2.60. The van der Waals surface area contributed by atoms with Gasteiger partial charge in [-0.3, -0.25) is 14.1 Å². The quantitative estimate of drug-likeness (QED) is 0.0201. The molecule has 0 amide bonds. The van der Waals surface area contributed by atoms with Crippen molar-refractivity contribution < 1.29 is 56.8 Å². The molecule has 1 saturated heterocycles. The Kier molecular flexibility index (Phi) is 34.6. The van der Waals surface area contributed by atoms with Gasteiger partial charge in [0.1, 0.15) is 36.8 Å². The lowest BCUT2D eigenvalue weighted by Gasteiger charge is -2.40. The Hall–Kier alpha value is -2.91. The molecule has 6 atom stereocenters. The molecule has 0 saturated carbocycles. The van der Waals surface area contributed by atoms with E-state index >= 15 is 0 Å². The van der Waals surface area contributed by atoms with Crippen LogP contribution in [0, 0.1) is 0 Å². The molecule has 0 aromatic heterocycles. The van der Waals surface area contributed by atoms with Crippen molar-refractivity contribution in [2.45, 2.75) is 198 Å². The molecule has 0 spiro atoms. The summed E-state index contributed by atoms with van der Waals surface area (Å²) in [4.78, 5) is 25.4. The maximum atomic E-state index is 12.8. The first-order valence-corrected chi connectivity index (χ1v) is 24.6. The minimum Gasteiger partial charge on any atom is -0.462 e. The highest BCUT2D eigenvalue weighted by Gasteiger charge is 2.46. The van der Waals surface area contributed by atoms with Crippen LogP contribution in [0.1, 0.15) is 162 Å². The van der Waals surface area contributed by atoms with E-state index in [2.05, 4.69) is 74.6 Å². The largest absolute Gasteiger partial charge is 0.462 e. The molecule has 1 aliphatic rings. The van der Waals surface area contributed by atoms with Crippen molar-refractivity contribution in [2.75, 3.05) is 19.0 Å². The van der Waals surface area contributed by atoms with E-state index in [1.807, 2.05) is 12.2 Å². The van der Waals surface area contributed by atoms with Crippen molar-refractivity contribution >= 4 is 22.1 Å². The van der Waals surface area contributed by atoms with E-state index in [-0.39, 0.29) is 19.4 Å². The summed E-state index contributed by atoms with van der Waals surface area (Å²) in [5, 5.41) is 30.9. The van der Waals surface area contributed by atoms with Crippen molar-refractivity contribution in [1.29, 1.82) is 0 Å². The third-order valence-electron chi connectivity index (χ3n) is 10.0. The van der Waals surface area contributed by atoms with Gasteiger partial charge in [0.05, 0.1) is 6.61 Å². The van der Waals surface area contributed by atoms with Crippen molar-refractivity contribution in [3.63, 3.8) is 0 Å². The van der Waals surface area contributed by atoms with Gasteiger partial charge in [-0.15, -0.1) is 0 Å². The second kappa shape index (κ2) is 37.6. The zero-order valence-corrected chi connectivity index (χ0v) is 38.1. The van der Waals surface area contributed by atoms with Crippen molar-refractivity contribution in [3.8, 4) is 0 Å². The Morgan fingerprint density at radius 2 is 1.05 bits per heavy atom. The monoisotopic (exact) mass is 881 g/mol. The zero-order chi connectivity index (χ0) is 44.8. The third-order valence-corrected chi connectivity index (χ3v) is 10.8. The van der Waals surface area contributed by atoms with Gasteiger partial charge < -0.3 is 34.3 Å². The number of ether oxygens (including phenoxy) is 4. The fourth-order valence-corrected chi connectivity index (χ4v) is 7.16. The summed E-state index contributed by atoms with van der Waals surface area (Å²) >= 11 is 0. The first-order valence-electron chi connectivity index (χ1n) is 23.0. The van der Waals surface area contributed by atoms with Crippen LogP contribution in [-0.4, -0.2) is 96.0 Å². The molecule has 61 heavy (non-hydrogen) atoms. The predicted octanol–water partition coefficient (Wildman–Crippen LogP) is 9.50. The van der Waals surface area contributed by atoms with Crippen LogP contribution in [0.4, 0.5) is 0 Å².